The molecular formula is C33H46FNO7S2. The lowest BCUT2D eigenvalue weighted by Crippen LogP contribution is -2.70. The molecule has 244 valence electrons. The van der Waals surface area contributed by atoms with Gasteiger partial charge in [-0.15, -0.1) is 0 Å². The predicted molar refractivity (Wildman–Crippen MR) is 170 cm³/mol. The van der Waals surface area contributed by atoms with Gasteiger partial charge in [0.15, 0.2) is 22.8 Å². The van der Waals surface area contributed by atoms with Crippen molar-refractivity contribution in [2.24, 2.45) is 28.6 Å². The molecule has 4 aliphatic rings. The van der Waals surface area contributed by atoms with E-state index in [0.29, 0.717) is 49.8 Å². The third-order valence-corrected chi connectivity index (χ3v) is 12.7. The van der Waals surface area contributed by atoms with Crippen LogP contribution in [-0.2, 0) is 28.7 Å². The fourth-order valence-corrected chi connectivity index (χ4v) is 10.2. The van der Waals surface area contributed by atoms with Crippen LogP contribution >= 0.6 is 23.5 Å². The van der Waals surface area contributed by atoms with Crippen LogP contribution in [0.25, 0.3) is 0 Å². The molecule has 0 radical (unpaired) electrons. The van der Waals surface area contributed by atoms with Gasteiger partial charge in [-0.1, -0.05) is 50.6 Å². The normalized spacial score (nSPS) is 38.1. The molecule has 9 atom stereocenters. The number of fused-ring (bicyclic) bond motifs is 5. The molecule has 0 aromatic carbocycles. The molecule has 3 fully saturated rings. The highest BCUT2D eigenvalue weighted by atomic mass is 32.2. The van der Waals surface area contributed by atoms with Crippen LogP contribution in [0, 0.1) is 28.6 Å². The first kappa shape index (κ1) is 34.9. The van der Waals surface area contributed by atoms with Gasteiger partial charge in [-0.3, -0.25) is 24.0 Å². The van der Waals surface area contributed by atoms with E-state index in [1.165, 1.54) is 23.9 Å². The summed E-state index contributed by atoms with van der Waals surface area (Å²) in [7, 11) is 0. The highest BCUT2D eigenvalue weighted by Crippen LogP contribution is 2.71. The molecule has 4 aliphatic carbocycles. The van der Waals surface area contributed by atoms with Gasteiger partial charge in [-0.25, -0.2) is 4.39 Å². The Morgan fingerprint density at radius 1 is 1.27 bits per heavy atom. The zero-order valence-corrected chi connectivity index (χ0v) is 28.0. The zero-order valence-electron chi connectivity index (χ0n) is 26.4. The number of thioether (sulfide) groups is 2. The van der Waals surface area contributed by atoms with Crippen LogP contribution in [0.1, 0.15) is 79.1 Å². The van der Waals surface area contributed by atoms with Crippen LogP contribution in [0.3, 0.4) is 0 Å². The number of carbonyl (C=O) groups is 5. The summed E-state index contributed by atoms with van der Waals surface area (Å²) in [4.78, 5) is 64.2. The number of ketones is 2. The Morgan fingerprint density at radius 2 is 2.00 bits per heavy atom. The average molecular weight is 652 g/mol. The van der Waals surface area contributed by atoms with E-state index in [0.717, 1.165) is 18.2 Å². The van der Waals surface area contributed by atoms with Gasteiger partial charge < -0.3 is 15.2 Å². The van der Waals surface area contributed by atoms with Gasteiger partial charge >= 0.3 is 5.97 Å². The van der Waals surface area contributed by atoms with E-state index >= 15 is 4.39 Å². The van der Waals surface area contributed by atoms with E-state index in [1.807, 2.05) is 27.0 Å². The number of rotatable bonds is 13. The zero-order chi connectivity index (χ0) is 32.5. The molecule has 44 heavy (non-hydrogen) atoms. The van der Waals surface area contributed by atoms with Crippen molar-refractivity contribution in [2.75, 3.05) is 17.8 Å². The van der Waals surface area contributed by atoms with E-state index in [-0.39, 0.29) is 29.5 Å². The maximum Gasteiger partial charge on any atom is 0.306 e. The predicted octanol–water partition coefficient (Wildman–Crippen LogP) is 4.77. The number of aliphatic hydroxyl groups is 1. The Labute approximate surface area is 268 Å². The molecule has 3 unspecified atom stereocenters. The van der Waals surface area contributed by atoms with Crippen LogP contribution in [0.15, 0.2) is 23.8 Å². The number of carbonyl (C=O) groups excluding carboxylic acids is 5. The second-order valence-electron chi connectivity index (χ2n) is 13.4. The van der Waals surface area contributed by atoms with Crippen molar-refractivity contribution < 1.29 is 38.2 Å². The number of hydrogen-bond donors (Lipinski definition) is 2. The van der Waals surface area contributed by atoms with Crippen molar-refractivity contribution in [1.29, 1.82) is 0 Å². The summed E-state index contributed by atoms with van der Waals surface area (Å²) >= 11 is 2.33. The summed E-state index contributed by atoms with van der Waals surface area (Å²) in [5.41, 5.74) is -5.36. The SMILES string of the molecule is CCCCC(=O)O[C@]1(C(=O)CSC(=O)C(CCSC)NC=O)C(C)C[C@H]2[C@@H]3CCC4=CC(=O)C=C[C@]4(C)[C@@]3(F)C(O)C[C@@]21C. The summed E-state index contributed by atoms with van der Waals surface area (Å²) in [5, 5.41) is 14.0. The monoisotopic (exact) mass is 651 g/mol. The number of halogens is 1. The van der Waals surface area contributed by atoms with Crippen molar-refractivity contribution in [3.05, 3.63) is 23.8 Å². The third-order valence-electron chi connectivity index (χ3n) is 11.1. The molecule has 0 aromatic rings. The summed E-state index contributed by atoms with van der Waals surface area (Å²) in [6, 6.07) is -0.755. The van der Waals surface area contributed by atoms with Crippen molar-refractivity contribution in [3.8, 4) is 0 Å². The van der Waals surface area contributed by atoms with Crippen molar-refractivity contribution in [3.63, 3.8) is 0 Å². The van der Waals surface area contributed by atoms with E-state index < -0.39 is 63.8 Å². The fraction of sp³-hybridized carbons (Fsp3) is 0.727. The number of esters is 1. The number of hydrogen-bond acceptors (Lipinski definition) is 9. The minimum Gasteiger partial charge on any atom is -0.450 e. The van der Waals surface area contributed by atoms with Crippen LogP contribution < -0.4 is 5.32 Å². The number of Topliss-reactive ketones (excluding diaryl/α,β-unsaturated/α-hetero) is 1. The van der Waals surface area contributed by atoms with Crippen LogP contribution in [0.5, 0.6) is 0 Å². The number of allylic oxidation sites excluding steroid dienone is 4. The summed E-state index contributed by atoms with van der Waals surface area (Å²) < 4.78 is 23.9. The molecule has 3 saturated carbocycles. The largest absolute Gasteiger partial charge is 0.450 e. The van der Waals surface area contributed by atoms with Crippen LogP contribution in [0.4, 0.5) is 4.39 Å². The second-order valence-corrected chi connectivity index (χ2v) is 15.3. The van der Waals surface area contributed by atoms with Crippen molar-refractivity contribution >= 4 is 52.6 Å². The smallest absolute Gasteiger partial charge is 0.306 e. The van der Waals surface area contributed by atoms with Crippen molar-refractivity contribution in [2.45, 2.75) is 102 Å². The highest BCUT2D eigenvalue weighted by Gasteiger charge is 2.77. The first-order valence-electron chi connectivity index (χ1n) is 15.7. The van der Waals surface area contributed by atoms with E-state index in [2.05, 4.69) is 5.32 Å². The average Bonchev–Trinajstić information content (AvgIpc) is 3.20. The molecule has 0 saturated heterocycles. The molecule has 4 rings (SSSR count). The van der Waals surface area contributed by atoms with Crippen LogP contribution in [-0.4, -0.2) is 75.3 Å². The Hall–Kier alpha value is -1.98. The second kappa shape index (κ2) is 13.4. The third kappa shape index (κ3) is 5.52. The molecule has 0 bridgehead atoms. The molecule has 8 nitrogen and oxygen atoms in total. The van der Waals surface area contributed by atoms with Gasteiger partial charge in [0.25, 0.3) is 0 Å². The van der Waals surface area contributed by atoms with Gasteiger partial charge in [0.2, 0.25) is 11.5 Å². The lowest BCUT2D eigenvalue weighted by Gasteiger charge is -2.62. The Balaban J connectivity index is 1.71. The Kier molecular flexibility index (Phi) is 10.6. The first-order chi connectivity index (χ1) is 20.8. The van der Waals surface area contributed by atoms with E-state index in [9.17, 15) is 29.1 Å². The molecule has 0 aliphatic heterocycles. The van der Waals surface area contributed by atoms with Gasteiger partial charge in [-0.2, -0.15) is 11.8 Å². The number of alkyl halides is 1. The maximum atomic E-state index is 17.7. The van der Waals surface area contributed by atoms with Crippen LogP contribution in [0.2, 0.25) is 0 Å². The van der Waals surface area contributed by atoms with E-state index in [1.54, 1.807) is 13.0 Å². The molecular weight excluding hydrogens is 605 g/mol. The summed E-state index contributed by atoms with van der Waals surface area (Å²) in [6.07, 6.45) is 8.36. The van der Waals surface area contributed by atoms with Crippen molar-refractivity contribution in [1.82, 2.24) is 5.32 Å². The molecule has 11 heteroatoms. The minimum absolute atomic E-state index is 0.117. The minimum atomic E-state index is -2.08. The van der Waals surface area contributed by atoms with E-state index in [4.69, 9.17) is 4.74 Å². The lowest BCUT2D eigenvalue weighted by molar-refractivity contribution is -0.227. The van der Waals surface area contributed by atoms with Gasteiger partial charge in [0.1, 0.15) is 0 Å². The quantitative estimate of drug-likeness (QED) is 0.214. The van der Waals surface area contributed by atoms with Gasteiger partial charge in [0.05, 0.1) is 17.9 Å². The molecule has 0 heterocycles. The molecule has 0 spiro atoms. The standard InChI is InChI=1S/C33H46FNO7S2/c1-6-7-8-28(40)42-33(27(39)18-44-29(41)25(35-19-36)12-14-43-5)20(2)15-24-23-10-9-21-16-22(37)11-13-30(21,3)32(23,34)26(38)17-31(24,33)4/h11,13,16,19-20,23-26,38H,6-10,12,14-15,17-18H2,1-5H3,(H,35,36)/t20?,23-,24-,25?,26?,30-,31-,32-,33-/m0/s1. The number of unbranched alkanes of at least 4 members (excludes halogenated alkanes) is 1. The number of nitrogens with one attached hydrogen (secondary N) is 1. The fourth-order valence-electron chi connectivity index (χ4n) is 8.88. The molecule has 0 aromatic heterocycles. The molecule has 2 N–H and O–H groups in total. The number of ether oxygens (including phenoxy) is 1. The number of amides is 1. The highest BCUT2D eigenvalue weighted by molar-refractivity contribution is 8.14. The topological polar surface area (TPSA) is 127 Å². The molecule has 1 amide bonds. The Morgan fingerprint density at radius 3 is 2.66 bits per heavy atom. The summed E-state index contributed by atoms with van der Waals surface area (Å²) in [5.74, 6) is -2.32. The maximum absolute atomic E-state index is 17.7. The Bertz CT molecular complexity index is 1240. The first-order valence-corrected chi connectivity index (χ1v) is 18.1. The van der Waals surface area contributed by atoms with Gasteiger partial charge in [0, 0.05) is 29.1 Å². The summed E-state index contributed by atoms with van der Waals surface area (Å²) in [6.45, 7) is 7.37. The van der Waals surface area contributed by atoms with Gasteiger partial charge in [-0.05, 0) is 75.5 Å². The number of aliphatic hydroxyl groups excluding tert-OH is 1. The lowest BCUT2D eigenvalue weighted by atomic mass is 9.44.